The highest BCUT2D eigenvalue weighted by molar-refractivity contribution is 9.10. The fraction of sp³-hybridized carbons (Fsp3) is 0.333. The van der Waals surface area contributed by atoms with E-state index in [1.165, 1.54) is 0 Å². The first kappa shape index (κ1) is 12.1. The molecule has 17 heavy (non-hydrogen) atoms. The second-order valence-corrected chi connectivity index (χ2v) is 5.09. The Balaban J connectivity index is 2.40. The maximum atomic E-state index is 11.4. The first-order valence-electron chi connectivity index (χ1n) is 5.32. The van der Waals surface area contributed by atoms with E-state index in [0.717, 1.165) is 21.3 Å². The van der Waals surface area contributed by atoms with Crippen LogP contribution in [0.5, 0.6) is 0 Å². The fourth-order valence-electron chi connectivity index (χ4n) is 2.10. The number of halogens is 1. The zero-order valence-electron chi connectivity index (χ0n) is 9.71. The van der Waals surface area contributed by atoms with Gasteiger partial charge in [-0.15, -0.1) is 0 Å². The zero-order valence-corrected chi connectivity index (χ0v) is 11.3. The topological polar surface area (TPSA) is 49.4 Å². The first-order chi connectivity index (χ1) is 7.97. The van der Waals surface area contributed by atoms with Gasteiger partial charge in [-0.05, 0) is 47.0 Å². The lowest BCUT2D eigenvalue weighted by atomic mass is 10.1. The van der Waals surface area contributed by atoms with E-state index in [9.17, 15) is 9.59 Å². The molecule has 1 saturated heterocycles. The molecule has 2 amide bonds. The summed E-state index contributed by atoms with van der Waals surface area (Å²) in [6.45, 7) is 4.42. The van der Waals surface area contributed by atoms with E-state index in [4.69, 9.17) is 0 Å². The van der Waals surface area contributed by atoms with Crippen LogP contribution in [0.25, 0.3) is 0 Å². The molecule has 1 heterocycles. The molecule has 5 heteroatoms. The summed E-state index contributed by atoms with van der Waals surface area (Å²) in [5.41, 5.74) is 3.11. The molecule has 1 aliphatic heterocycles. The molecule has 4 nitrogen and oxygen atoms in total. The number of imide groups is 1. The van der Waals surface area contributed by atoms with E-state index in [1.54, 1.807) is 4.90 Å². The van der Waals surface area contributed by atoms with Gasteiger partial charge in [-0.25, -0.2) is 0 Å². The van der Waals surface area contributed by atoms with Gasteiger partial charge >= 0.3 is 0 Å². The average Bonchev–Trinajstić information content (AvgIpc) is 2.13. The van der Waals surface area contributed by atoms with Crippen LogP contribution >= 0.6 is 15.9 Å². The van der Waals surface area contributed by atoms with Crippen LogP contribution in [0.4, 0.5) is 5.69 Å². The fourth-order valence-corrected chi connectivity index (χ4v) is 3.03. The summed E-state index contributed by atoms with van der Waals surface area (Å²) in [5.74, 6) is -0.513. The molecule has 0 radical (unpaired) electrons. The van der Waals surface area contributed by atoms with Gasteiger partial charge in [-0.3, -0.25) is 14.9 Å². The van der Waals surface area contributed by atoms with Gasteiger partial charge in [-0.1, -0.05) is 6.07 Å². The zero-order chi connectivity index (χ0) is 12.6. The Morgan fingerprint density at radius 3 is 2.29 bits per heavy atom. The van der Waals surface area contributed by atoms with Crippen molar-refractivity contribution < 1.29 is 9.59 Å². The maximum Gasteiger partial charge on any atom is 0.246 e. The van der Waals surface area contributed by atoms with Crippen molar-refractivity contribution in [3.8, 4) is 0 Å². The molecule has 0 bridgehead atoms. The van der Waals surface area contributed by atoms with Crippen molar-refractivity contribution in [2.24, 2.45) is 0 Å². The largest absolute Gasteiger partial charge is 0.352 e. The third kappa shape index (κ3) is 2.49. The summed E-state index contributed by atoms with van der Waals surface area (Å²) in [5, 5.41) is 2.29. The van der Waals surface area contributed by atoms with Crippen LogP contribution in [-0.2, 0) is 9.59 Å². The minimum Gasteiger partial charge on any atom is -0.352 e. The predicted octanol–water partition coefficient (Wildman–Crippen LogP) is 1.53. The monoisotopic (exact) mass is 296 g/mol. The van der Waals surface area contributed by atoms with Crippen LogP contribution in [0.15, 0.2) is 16.6 Å². The number of carbonyl (C=O) groups excluding carboxylic acids is 2. The van der Waals surface area contributed by atoms with E-state index < -0.39 is 0 Å². The lowest BCUT2D eigenvalue weighted by Crippen LogP contribution is -2.51. The second-order valence-electron chi connectivity index (χ2n) is 4.24. The lowest BCUT2D eigenvalue weighted by molar-refractivity contribution is -0.130. The van der Waals surface area contributed by atoms with Gasteiger partial charge in [-0.2, -0.15) is 0 Å². The molecule has 0 saturated carbocycles. The van der Waals surface area contributed by atoms with Gasteiger partial charge in [0.15, 0.2) is 0 Å². The number of carbonyl (C=O) groups is 2. The molecule has 2 rings (SSSR count). The van der Waals surface area contributed by atoms with Crippen LogP contribution < -0.4 is 10.2 Å². The number of hydrogen-bond donors (Lipinski definition) is 1. The van der Waals surface area contributed by atoms with Gasteiger partial charge in [0.25, 0.3) is 0 Å². The summed E-state index contributed by atoms with van der Waals surface area (Å²) < 4.78 is 0.914. The Morgan fingerprint density at radius 2 is 1.76 bits per heavy atom. The Morgan fingerprint density at radius 1 is 1.18 bits per heavy atom. The number of nitrogens with one attached hydrogen (secondary N) is 1. The summed E-state index contributed by atoms with van der Waals surface area (Å²) in [6, 6.07) is 4.02. The normalized spacial score (nSPS) is 16.1. The Kier molecular flexibility index (Phi) is 3.19. The minimum atomic E-state index is -0.256. The van der Waals surface area contributed by atoms with Crippen LogP contribution in [0.2, 0.25) is 0 Å². The maximum absolute atomic E-state index is 11.4. The van der Waals surface area contributed by atoms with Gasteiger partial charge in [0.05, 0.1) is 18.8 Å². The lowest BCUT2D eigenvalue weighted by Gasteiger charge is -2.29. The Labute approximate surface area is 108 Å². The summed E-state index contributed by atoms with van der Waals surface area (Å²) >= 11 is 3.49. The van der Waals surface area contributed by atoms with Crippen LogP contribution in [0.3, 0.4) is 0 Å². The highest BCUT2D eigenvalue weighted by Crippen LogP contribution is 2.31. The highest BCUT2D eigenvalue weighted by atomic mass is 79.9. The molecule has 0 spiro atoms. The van der Waals surface area contributed by atoms with Crippen LogP contribution in [0.1, 0.15) is 11.1 Å². The quantitative estimate of drug-likeness (QED) is 0.800. The number of nitrogens with zero attached hydrogens (tertiary/aromatic N) is 1. The van der Waals surface area contributed by atoms with E-state index in [2.05, 4.69) is 21.2 Å². The number of rotatable bonds is 1. The number of hydrogen-bond acceptors (Lipinski definition) is 3. The molecule has 0 aromatic heterocycles. The smallest absolute Gasteiger partial charge is 0.246 e. The van der Waals surface area contributed by atoms with Gasteiger partial charge in [0, 0.05) is 4.47 Å². The van der Waals surface area contributed by atoms with Crippen molar-refractivity contribution in [3.63, 3.8) is 0 Å². The van der Waals surface area contributed by atoms with Crippen molar-refractivity contribution in [2.45, 2.75) is 13.8 Å². The van der Waals surface area contributed by atoms with E-state index in [1.807, 2.05) is 26.0 Å². The number of aryl methyl sites for hydroxylation is 2. The molecular weight excluding hydrogens is 284 g/mol. The SMILES string of the molecule is Cc1cc(C)c(N2CC(=O)NC(=O)C2)c(Br)c1. The molecule has 1 N–H and O–H groups in total. The first-order valence-corrected chi connectivity index (χ1v) is 6.11. The van der Waals surface area contributed by atoms with E-state index in [-0.39, 0.29) is 24.9 Å². The standard InChI is InChI=1S/C12H13BrN2O2/c1-7-3-8(2)12(9(13)4-7)15-5-10(16)14-11(17)6-15/h3-4H,5-6H2,1-2H3,(H,14,16,17). The summed E-state index contributed by atoms with van der Waals surface area (Å²) in [6.07, 6.45) is 0. The summed E-state index contributed by atoms with van der Waals surface area (Å²) in [4.78, 5) is 24.5. The Hall–Kier alpha value is -1.36. The highest BCUT2D eigenvalue weighted by Gasteiger charge is 2.25. The summed E-state index contributed by atoms with van der Waals surface area (Å²) in [7, 11) is 0. The average molecular weight is 297 g/mol. The third-order valence-electron chi connectivity index (χ3n) is 2.66. The van der Waals surface area contributed by atoms with Crippen molar-refractivity contribution >= 4 is 33.4 Å². The van der Waals surface area contributed by atoms with E-state index in [0.29, 0.717) is 0 Å². The number of anilines is 1. The third-order valence-corrected chi connectivity index (χ3v) is 3.27. The number of benzene rings is 1. The molecule has 0 aliphatic carbocycles. The molecule has 0 unspecified atom stereocenters. The van der Waals surface area contributed by atoms with Gasteiger partial charge < -0.3 is 4.90 Å². The molecule has 1 aromatic rings. The molecule has 0 atom stereocenters. The van der Waals surface area contributed by atoms with Crippen molar-refractivity contribution in [3.05, 3.63) is 27.7 Å². The molecular formula is C12H13BrN2O2. The molecule has 90 valence electrons. The van der Waals surface area contributed by atoms with Crippen molar-refractivity contribution in [1.29, 1.82) is 0 Å². The Bertz CT molecular complexity index is 460. The van der Waals surface area contributed by atoms with Gasteiger partial charge in [0.2, 0.25) is 11.8 Å². The predicted molar refractivity (Wildman–Crippen MR) is 69.0 cm³/mol. The van der Waals surface area contributed by atoms with E-state index >= 15 is 0 Å². The number of amides is 2. The minimum absolute atomic E-state index is 0.217. The molecule has 1 fully saturated rings. The number of piperazine rings is 1. The van der Waals surface area contributed by atoms with Crippen LogP contribution in [0, 0.1) is 13.8 Å². The van der Waals surface area contributed by atoms with Crippen molar-refractivity contribution in [1.82, 2.24) is 5.32 Å². The van der Waals surface area contributed by atoms with Crippen molar-refractivity contribution in [2.75, 3.05) is 18.0 Å². The van der Waals surface area contributed by atoms with Gasteiger partial charge in [0.1, 0.15) is 0 Å². The second kappa shape index (κ2) is 4.49. The van der Waals surface area contributed by atoms with Crippen LogP contribution in [-0.4, -0.2) is 24.9 Å². The molecule has 1 aliphatic rings. The molecule has 1 aromatic carbocycles.